The third-order valence-electron chi connectivity index (χ3n) is 6.57. The highest BCUT2D eigenvalue weighted by atomic mass is 16.5. The van der Waals surface area contributed by atoms with Gasteiger partial charge in [0.15, 0.2) is 0 Å². The minimum Gasteiger partial charge on any atom is -0.487 e. The molecule has 0 bridgehead atoms. The maximum absolute atomic E-state index is 6.12. The first-order valence-corrected chi connectivity index (χ1v) is 11.5. The summed E-state index contributed by atoms with van der Waals surface area (Å²) < 4.78 is 6.12. The maximum atomic E-state index is 6.12. The van der Waals surface area contributed by atoms with Crippen LogP contribution in [0.5, 0.6) is 5.75 Å². The van der Waals surface area contributed by atoms with Gasteiger partial charge in [-0.25, -0.2) is 9.97 Å². The molecule has 1 aliphatic heterocycles. The lowest BCUT2D eigenvalue weighted by Crippen LogP contribution is -2.05. The zero-order chi connectivity index (χ0) is 23.0. The lowest BCUT2D eigenvalue weighted by Gasteiger charge is -2.18. The van der Waals surface area contributed by atoms with E-state index in [1.165, 1.54) is 0 Å². The molecule has 0 atom stereocenters. The molecule has 0 saturated heterocycles. The number of aryl methyl sites for hydroxylation is 1. The molecule has 0 fully saturated rings. The molecular weight excluding hydrogens is 424 g/mol. The van der Waals surface area contributed by atoms with E-state index in [2.05, 4.69) is 70.2 Å². The van der Waals surface area contributed by atoms with Crippen molar-refractivity contribution in [2.75, 3.05) is 0 Å². The van der Waals surface area contributed by atoms with Crippen LogP contribution in [0.4, 0.5) is 0 Å². The molecule has 1 aliphatic rings. The number of rotatable bonds is 2. The van der Waals surface area contributed by atoms with Crippen LogP contribution in [0.15, 0.2) is 48.8 Å². The average Bonchev–Trinajstić information content (AvgIpc) is 3.47. The van der Waals surface area contributed by atoms with Gasteiger partial charge in [-0.05, 0) is 36.2 Å². The van der Waals surface area contributed by atoms with Crippen LogP contribution in [0.1, 0.15) is 37.1 Å². The van der Waals surface area contributed by atoms with Gasteiger partial charge in [-0.3, -0.25) is 9.97 Å². The molecule has 7 nitrogen and oxygen atoms in total. The highest BCUT2D eigenvalue weighted by Crippen LogP contribution is 2.40. The van der Waals surface area contributed by atoms with Crippen molar-refractivity contribution < 1.29 is 4.74 Å². The summed E-state index contributed by atoms with van der Waals surface area (Å²) in [4.78, 5) is 25.6. The summed E-state index contributed by atoms with van der Waals surface area (Å²) in [7, 11) is 0. The quantitative estimate of drug-likeness (QED) is 0.316. The van der Waals surface area contributed by atoms with Gasteiger partial charge >= 0.3 is 0 Å². The summed E-state index contributed by atoms with van der Waals surface area (Å²) in [6.45, 7) is 6.74. The lowest BCUT2D eigenvalue weighted by molar-refractivity contribution is 0.298. The van der Waals surface area contributed by atoms with Gasteiger partial charge in [-0.2, -0.15) is 0 Å². The zero-order valence-electron chi connectivity index (χ0n) is 19.1. The van der Waals surface area contributed by atoms with Crippen LogP contribution >= 0.6 is 0 Å². The number of hydrogen-bond acceptors (Lipinski definition) is 5. The summed E-state index contributed by atoms with van der Waals surface area (Å²) >= 11 is 0. The number of nitrogens with one attached hydrogen (secondary N) is 2. The number of hydrogen-bond donors (Lipinski definition) is 2. The summed E-state index contributed by atoms with van der Waals surface area (Å²) in [5.74, 6) is 3.06. The smallest absolute Gasteiger partial charge is 0.130 e. The van der Waals surface area contributed by atoms with Crippen molar-refractivity contribution >= 4 is 32.8 Å². The number of aromatic nitrogens is 6. The van der Waals surface area contributed by atoms with Gasteiger partial charge in [-0.1, -0.05) is 32.0 Å². The van der Waals surface area contributed by atoms with Gasteiger partial charge in [0.1, 0.15) is 29.5 Å². The molecule has 0 aliphatic carbocycles. The van der Waals surface area contributed by atoms with Gasteiger partial charge in [0, 0.05) is 34.6 Å². The van der Waals surface area contributed by atoms with E-state index >= 15 is 0 Å². The Hall–Kier alpha value is -4.26. The van der Waals surface area contributed by atoms with E-state index in [0.29, 0.717) is 12.5 Å². The molecule has 166 valence electrons. The number of fused-ring (bicyclic) bond motifs is 9. The first kappa shape index (κ1) is 19.2. The predicted octanol–water partition coefficient (Wildman–Crippen LogP) is 6.04. The van der Waals surface area contributed by atoms with E-state index in [0.717, 1.165) is 78.3 Å². The highest BCUT2D eigenvalue weighted by Gasteiger charge is 2.23. The van der Waals surface area contributed by atoms with Gasteiger partial charge < -0.3 is 14.7 Å². The van der Waals surface area contributed by atoms with Crippen LogP contribution in [-0.4, -0.2) is 29.9 Å². The van der Waals surface area contributed by atoms with Crippen molar-refractivity contribution in [3.8, 4) is 28.1 Å². The second kappa shape index (κ2) is 6.87. The second-order valence-electron chi connectivity index (χ2n) is 9.16. The van der Waals surface area contributed by atoms with Crippen LogP contribution in [0.25, 0.3) is 55.2 Å². The standard InChI is InChI=1S/C27H22N6O/c1-13(2)27-32-20-12-34-21-11-16(5-7-18(21)22(20)33-27)15-4-6-17-19(10-15)23-25(29-9-8-28-23)26-24(17)30-14(3)31-26/h4-11,13H,12H2,1-3H3,(H,30,31)(H,32,33). The Bertz CT molecular complexity index is 1760. The Morgan fingerprint density at radius 1 is 0.853 bits per heavy atom. The monoisotopic (exact) mass is 446 g/mol. The number of nitrogens with zero attached hydrogens (tertiary/aromatic N) is 4. The normalized spacial score (nSPS) is 12.9. The minimum absolute atomic E-state index is 0.341. The van der Waals surface area contributed by atoms with Gasteiger partial charge in [0.25, 0.3) is 0 Å². The number of imidazole rings is 2. The molecule has 7 rings (SSSR count). The number of benzene rings is 3. The summed E-state index contributed by atoms with van der Waals surface area (Å²) in [6.07, 6.45) is 3.46. The first-order chi connectivity index (χ1) is 16.6. The Kier molecular flexibility index (Phi) is 3.89. The fourth-order valence-electron chi connectivity index (χ4n) is 4.90. The fraction of sp³-hybridized carbons (Fsp3) is 0.185. The van der Waals surface area contributed by atoms with E-state index in [9.17, 15) is 0 Å². The summed E-state index contributed by atoms with van der Waals surface area (Å²) in [5.41, 5.74) is 8.79. The van der Waals surface area contributed by atoms with E-state index in [4.69, 9.17) is 14.7 Å². The van der Waals surface area contributed by atoms with Gasteiger partial charge in [0.05, 0.1) is 27.9 Å². The van der Waals surface area contributed by atoms with E-state index in [1.54, 1.807) is 12.4 Å². The second-order valence-corrected chi connectivity index (χ2v) is 9.16. The van der Waals surface area contributed by atoms with Crippen LogP contribution in [0.3, 0.4) is 0 Å². The molecule has 7 heteroatoms. The highest BCUT2D eigenvalue weighted by molar-refractivity contribution is 6.21. The molecule has 0 unspecified atom stereocenters. The van der Waals surface area contributed by atoms with E-state index < -0.39 is 0 Å². The average molecular weight is 447 g/mol. The molecule has 0 radical (unpaired) electrons. The summed E-state index contributed by atoms with van der Waals surface area (Å²) in [5, 5.41) is 2.10. The molecule has 4 heterocycles. The molecule has 0 amide bonds. The molecule has 3 aromatic carbocycles. The molecule has 34 heavy (non-hydrogen) atoms. The third-order valence-corrected chi connectivity index (χ3v) is 6.57. The number of aromatic amines is 2. The molecule has 3 aromatic heterocycles. The Morgan fingerprint density at radius 3 is 2.50 bits per heavy atom. The number of ether oxygens (including phenoxy) is 1. The molecule has 6 aromatic rings. The largest absolute Gasteiger partial charge is 0.487 e. The lowest BCUT2D eigenvalue weighted by atomic mass is 9.97. The van der Waals surface area contributed by atoms with Crippen molar-refractivity contribution in [3.05, 3.63) is 66.1 Å². The van der Waals surface area contributed by atoms with Crippen LogP contribution in [0.2, 0.25) is 0 Å². The SMILES string of the molecule is Cc1nc2c3ccc(-c4ccc5c(c4)OCc4[nH]c(C(C)C)nc4-5)cc3c3nccnc3c2[nH]1. The minimum atomic E-state index is 0.341. The van der Waals surface area contributed by atoms with Crippen LogP contribution < -0.4 is 4.74 Å². The molecule has 0 spiro atoms. The Labute approximate surface area is 195 Å². The van der Waals surface area contributed by atoms with Gasteiger partial charge in [0.2, 0.25) is 0 Å². The Morgan fingerprint density at radius 2 is 1.65 bits per heavy atom. The maximum Gasteiger partial charge on any atom is 0.130 e. The van der Waals surface area contributed by atoms with Crippen molar-refractivity contribution in [2.45, 2.75) is 33.3 Å². The molecular formula is C27H22N6O. The third kappa shape index (κ3) is 2.70. The van der Waals surface area contributed by atoms with Crippen molar-refractivity contribution in [1.82, 2.24) is 29.9 Å². The first-order valence-electron chi connectivity index (χ1n) is 11.5. The van der Waals surface area contributed by atoms with Crippen molar-refractivity contribution in [3.63, 3.8) is 0 Å². The van der Waals surface area contributed by atoms with Gasteiger partial charge in [-0.15, -0.1) is 0 Å². The van der Waals surface area contributed by atoms with Crippen LogP contribution in [0, 0.1) is 6.92 Å². The van der Waals surface area contributed by atoms with E-state index in [-0.39, 0.29) is 0 Å². The van der Waals surface area contributed by atoms with E-state index in [1.807, 2.05) is 6.92 Å². The zero-order valence-corrected chi connectivity index (χ0v) is 19.1. The Balaban J connectivity index is 1.40. The topological polar surface area (TPSA) is 92.4 Å². The van der Waals surface area contributed by atoms with Crippen molar-refractivity contribution in [2.24, 2.45) is 0 Å². The fourth-order valence-corrected chi connectivity index (χ4v) is 4.90. The molecule has 2 N–H and O–H groups in total. The number of H-pyrrole nitrogens is 2. The predicted molar refractivity (Wildman–Crippen MR) is 133 cm³/mol. The summed E-state index contributed by atoms with van der Waals surface area (Å²) in [6, 6.07) is 12.8. The molecule has 0 saturated carbocycles. The van der Waals surface area contributed by atoms with Crippen LogP contribution in [-0.2, 0) is 6.61 Å². The van der Waals surface area contributed by atoms with Crippen molar-refractivity contribution in [1.29, 1.82) is 0 Å².